The third kappa shape index (κ3) is 68.4. The van der Waals surface area contributed by atoms with Crippen LogP contribution in [-0.2, 0) is 14.4 Å². The topological polar surface area (TPSA) is 120 Å². The van der Waals surface area contributed by atoms with Gasteiger partial charge >= 0.3 is 0 Å². The zero-order valence-corrected chi connectivity index (χ0v) is 17.4. The molecular weight excluding hydrogens is 372 g/mol. The molecule has 0 aromatic carbocycles. The predicted octanol–water partition coefficient (Wildman–Crippen LogP) is -0.389. The van der Waals surface area contributed by atoms with Crippen LogP contribution in [0.1, 0.15) is 53.4 Å². The monoisotopic (exact) mass is 401 g/mol. The first-order valence-electron chi connectivity index (χ1n) is 7.29. The molecule has 6 nitrogen and oxygen atoms in total. The first-order valence-corrected chi connectivity index (χ1v) is 9.19. The zero-order chi connectivity index (χ0) is 20.2. The molecule has 0 aliphatic heterocycles. The molecule has 9 heteroatoms. The Labute approximate surface area is 161 Å². The molecule has 146 valence electrons. The van der Waals surface area contributed by atoms with Crippen LogP contribution in [0.15, 0.2) is 0 Å². The maximum atomic E-state index is 9.44. The Morgan fingerprint density at radius 1 is 0.708 bits per heavy atom. The lowest BCUT2D eigenvalue weighted by atomic mass is 9.94. The van der Waals surface area contributed by atoms with E-state index in [4.69, 9.17) is 0 Å². The summed E-state index contributed by atoms with van der Waals surface area (Å²) in [6, 6.07) is 0. The minimum Gasteiger partial charge on any atom is -0.550 e. The first kappa shape index (κ1) is 31.3. The van der Waals surface area contributed by atoms with Crippen molar-refractivity contribution in [2.45, 2.75) is 53.4 Å². The molecule has 0 aromatic rings. The Bertz CT molecular complexity index is 279. The summed E-state index contributed by atoms with van der Waals surface area (Å²) >= 11 is 10.9. The molecule has 0 unspecified atom stereocenters. The van der Waals surface area contributed by atoms with Gasteiger partial charge in [-0.3, -0.25) is 0 Å². The molecule has 0 bridgehead atoms. The van der Waals surface area contributed by atoms with Crippen LogP contribution < -0.4 is 15.3 Å². The summed E-state index contributed by atoms with van der Waals surface area (Å²) in [6.07, 6.45) is 1.41. The van der Waals surface area contributed by atoms with E-state index in [1.54, 1.807) is 0 Å². The van der Waals surface area contributed by atoms with Gasteiger partial charge < -0.3 is 29.7 Å². The van der Waals surface area contributed by atoms with Gasteiger partial charge in [-0.1, -0.05) is 34.1 Å². The number of hydrogen-bond acceptors (Lipinski definition) is 9. The SMILES string of the molecule is CCC(C)(C)C.O=C([O-])CCS.O=C([O-])CCS.O=C([O-])CCS. The minimum absolute atomic E-state index is 0.0448. The molecule has 0 aliphatic rings. The number of aliphatic carboxylic acids is 3. The summed E-state index contributed by atoms with van der Waals surface area (Å²) in [5.41, 5.74) is 0.542. The maximum absolute atomic E-state index is 9.44. The van der Waals surface area contributed by atoms with E-state index >= 15 is 0 Å². The van der Waals surface area contributed by atoms with E-state index in [0.29, 0.717) is 22.7 Å². The van der Waals surface area contributed by atoms with Crippen molar-refractivity contribution in [1.82, 2.24) is 0 Å². The van der Waals surface area contributed by atoms with Crippen LogP contribution in [0.4, 0.5) is 0 Å². The van der Waals surface area contributed by atoms with Crippen LogP contribution in [0.5, 0.6) is 0 Å². The number of rotatable bonds is 6. The van der Waals surface area contributed by atoms with Crippen molar-refractivity contribution in [3.8, 4) is 0 Å². The van der Waals surface area contributed by atoms with Crippen LogP contribution in [0.2, 0.25) is 0 Å². The number of carbonyl (C=O) groups is 3. The van der Waals surface area contributed by atoms with Gasteiger partial charge in [0.15, 0.2) is 0 Å². The normalized spacial score (nSPS) is 9.12. The number of carboxylic acids is 3. The Morgan fingerprint density at radius 3 is 0.875 bits per heavy atom. The van der Waals surface area contributed by atoms with Crippen LogP contribution >= 0.6 is 37.9 Å². The summed E-state index contributed by atoms with van der Waals surface area (Å²) in [6.45, 7) is 8.94. The number of hydrogen-bond donors (Lipinski definition) is 3. The van der Waals surface area contributed by atoms with Crippen molar-refractivity contribution < 1.29 is 29.7 Å². The Balaban J connectivity index is -0.000000111. The number of carboxylic acid groups (broad SMARTS) is 3. The predicted molar refractivity (Wildman–Crippen MR) is 100 cm³/mol. The second kappa shape index (κ2) is 22.5. The zero-order valence-electron chi connectivity index (χ0n) is 14.7. The molecule has 0 rings (SSSR count). The summed E-state index contributed by atoms with van der Waals surface area (Å²) in [5.74, 6) is -2.02. The number of thiol groups is 3. The molecule has 0 aliphatic carbocycles. The van der Waals surface area contributed by atoms with Crippen molar-refractivity contribution in [3.05, 3.63) is 0 Å². The fourth-order valence-corrected chi connectivity index (χ4v) is 0.822. The first-order chi connectivity index (χ1) is 10.9. The molecule has 0 aromatic heterocycles. The third-order valence-corrected chi connectivity index (χ3v) is 2.68. The summed E-state index contributed by atoms with van der Waals surface area (Å²) in [5, 5.41) is 28.3. The average Bonchev–Trinajstić information content (AvgIpc) is 2.39. The Hall–Kier alpha value is -0.540. The molecule has 24 heavy (non-hydrogen) atoms. The molecule has 0 N–H and O–H groups in total. The van der Waals surface area contributed by atoms with Gasteiger partial charge in [0.2, 0.25) is 0 Å². The van der Waals surface area contributed by atoms with Gasteiger partial charge in [0.1, 0.15) is 0 Å². The summed E-state index contributed by atoms with van der Waals surface area (Å²) in [4.78, 5) is 28.3. The van der Waals surface area contributed by atoms with E-state index in [-0.39, 0.29) is 19.3 Å². The highest BCUT2D eigenvalue weighted by Gasteiger charge is 2.03. The van der Waals surface area contributed by atoms with Crippen LogP contribution in [0.25, 0.3) is 0 Å². The van der Waals surface area contributed by atoms with Crippen molar-refractivity contribution in [2.75, 3.05) is 17.3 Å². The van der Waals surface area contributed by atoms with Gasteiger partial charge in [-0.2, -0.15) is 37.9 Å². The van der Waals surface area contributed by atoms with E-state index in [0.717, 1.165) is 0 Å². The van der Waals surface area contributed by atoms with Crippen LogP contribution in [-0.4, -0.2) is 35.2 Å². The minimum atomic E-state index is -1.04. The van der Waals surface area contributed by atoms with Crippen molar-refractivity contribution in [1.29, 1.82) is 0 Å². The smallest absolute Gasteiger partial charge is 0.0422 e. The number of carbonyl (C=O) groups excluding carboxylic acids is 3. The molecule has 0 saturated heterocycles. The average molecular weight is 402 g/mol. The molecule has 0 atom stereocenters. The van der Waals surface area contributed by atoms with Gasteiger partial charge in [-0.05, 0) is 41.9 Å². The highest BCUT2D eigenvalue weighted by molar-refractivity contribution is 7.80. The van der Waals surface area contributed by atoms with Gasteiger partial charge in [0.05, 0.1) is 0 Å². The van der Waals surface area contributed by atoms with E-state index in [9.17, 15) is 29.7 Å². The molecule has 0 fully saturated rings. The fourth-order valence-electron chi connectivity index (χ4n) is 0.274. The van der Waals surface area contributed by atoms with E-state index < -0.39 is 17.9 Å². The molecule has 0 amide bonds. The van der Waals surface area contributed by atoms with E-state index in [1.807, 2.05) is 0 Å². The van der Waals surface area contributed by atoms with Crippen molar-refractivity contribution >= 4 is 55.8 Å². The summed E-state index contributed by atoms with van der Waals surface area (Å²) in [7, 11) is 0. The molecule has 0 spiro atoms. The van der Waals surface area contributed by atoms with Crippen molar-refractivity contribution in [2.24, 2.45) is 5.41 Å². The Morgan fingerprint density at radius 2 is 0.875 bits per heavy atom. The molecule has 0 heterocycles. The second-order valence-corrected chi connectivity index (χ2v) is 6.79. The van der Waals surface area contributed by atoms with Gasteiger partial charge in [0, 0.05) is 17.9 Å². The lowest BCUT2D eigenvalue weighted by Crippen LogP contribution is -2.21. The van der Waals surface area contributed by atoms with Gasteiger partial charge in [0.25, 0.3) is 0 Å². The largest absolute Gasteiger partial charge is 0.550 e. The van der Waals surface area contributed by atoms with Crippen LogP contribution in [0, 0.1) is 5.41 Å². The highest BCUT2D eigenvalue weighted by Crippen LogP contribution is 2.16. The van der Waals surface area contributed by atoms with Gasteiger partial charge in [-0.15, -0.1) is 0 Å². The molecule has 0 radical (unpaired) electrons. The van der Waals surface area contributed by atoms with Gasteiger partial charge in [-0.25, -0.2) is 0 Å². The lowest BCUT2D eigenvalue weighted by Gasteiger charge is -2.12. The van der Waals surface area contributed by atoms with Crippen molar-refractivity contribution in [3.63, 3.8) is 0 Å². The van der Waals surface area contributed by atoms with Crippen LogP contribution in [0.3, 0.4) is 0 Å². The quantitative estimate of drug-likeness (QED) is 0.522. The molecular formula is C15H29O6S3-3. The summed E-state index contributed by atoms with van der Waals surface area (Å²) < 4.78 is 0. The lowest BCUT2D eigenvalue weighted by molar-refractivity contribution is -0.306. The maximum Gasteiger partial charge on any atom is 0.0422 e. The second-order valence-electron chi connectivity index (χ2n) is 5.45. The van der Waals surface area contributed by atoms with E-state index in [2.05, 4.69) is 65.6 Å². The molecule has 0 saturated carbocycles. The standard InChI is InChI=1S/C6H14.3C3H6O2S/c1-5-6(2,3)4;3*4-3(5)1-2-6/h5H2,1-4H3;3*6H,1-2H2,(H,4,5)/p-3. The fraction of sp³-hybridized carbons (Fsp3) is 0.800. The Kier molecular flexibility index (Phi) is 29.2. The third-order valence-electron chi connectivity index (χ3n) is 2.01. The van der Waals surface area contributed by atoms with E-state index in [1.165, 1.54) is 6.42 Å². The highest BCUT2D eigenvalue weighted by atomic mass is 32.1.